The first-order valence-corrected chi connectivity index (χ1v) is 10.4. The van der Waals surface area contributed by atoms with Crippen molar-refractivity contribution in [1.29, 1.82) is 0 Å². The van der Waals surface area contributed by atoms with E-state index in [1.807, 2.05) is 21.6 Å². The first kappa shape index (κ1) is 16.7. The van der Waals surface area contributed by atoms with Gasteiger partial charge in [0.15, 0.2) is 0 Å². The highest BCUT2D eigenvalue weighted by Crippen LogP contribution is 2.55. The van der Waals surface area contributed by atoms with E-state index in [2.05, 4.69) is 93.8 Å². The Bertz CT molecular complexity index is 684. The molecule has 0 spiro atoms. The van der Waals surface area contributed by atoms with E-state index in [4.69, 9.17) is 0 Å². The van der Waals surface area contributed by atoms with Crippen LogP contribution in [0.25, 0.3) is 0 Å². The number of benzene rings is 2. The summed E-state index contributed by atoms with van der Waals surface area (Å²) in [6, 6.07) is 21.8. The second-order valence-corrected chi connectivity index (χ2v) is 9.47. The lowest BCUT2D eigenvalue weighted by Gasteiger charge is -2.39. The van der Waals surface area contributed by atoms with Crippen molar-refractivity contribution < 1.29 is 0 Å². The van der Waals surface area contributed by atoms with Gasteiger partial charge in [-0.25, -0.2) is 0 Å². The Morgan fingerprint density at radius 3 is 1.83 bits per heavy atom. The van der Waals surface area contributed by atoms with Gasteiger partial charge in [-0.2, -0.15) is 0 Å². The molecule has 2 aromatic carbocycles. The fourth-order valence-corrected chi connectivity index (χ4v) is 6.75. The van der Waals surface area contributed by atoms with Crippen molar-refractivity contribution in [1.82, 2.24) is 0 Å². The third-order valence-electron chi connectivity index (χ3n) is 5.00. The first-order valence-electron chi connectivity index (χ1n) is 8.08. The van der Waals surface area contributed by atoms with Crippen molar-refractivity contribution in [3.8, 4) is 0 Å². The summed E-state index contributed by atoms with van der Waals surface area (Å²) in [5, 5.41) is 2.86. The molecule has 0 amide bonds. The normalized spacial score (nSPS) is 18.8. The second kappa shape index (κ2) is 6.41. The van der Waals surface area contributed by atoms with Crippen LogP contribution in [-0.2, 0) is 10.8 Å². The lowest BCUT2D eigenvalue weighted by atomic mass is 9.69. The number of rotatable bonds is 4. The summed E-state index contributed by atoms with van der Waals surface area (Å²) in [4.78, 5) is 0. The van der Waals surface area contributed by atoms with Crippen LogP contribution in [0.3, 0.4) is 0 Å². The van der Waals surface area contributed by atoms with Gasteiger partial charge in [0, 0.05) is 16.1 Å². The molecule has 1 aliphatic rings. The molecule has 23 heavy (non-hydrogen) atoms. The lowest BCUT2D eigenvalue weighted by Crippen LogP contribution is -2.37. The Balaban J connectivity index is 1.97. The van der Waals surface area contributed by atoms with Crippen LogP contribution in [0.1, 0.15) is 38.8 Å². The maximum absolute atomic E-state index is 2.38. The molecule has 0 fully saturated rings. The van der Waals surface area contributed by atoms with E-state index in [-0.39, 0.29) is 10.8 Å². The van der Waals surface area contributed by atoms with Crippen LogP contribution in [0.4, 0.5) is 0 Å². The van der Waals surface area contributed by atoms with E-state index in [1.165, 1.54) is 16.7 Å². The standard InChI is InChI=1S/C21H24S2/c1-20(2,16-11-7-5-8-12-16)18-15-22-23-19(18)21(3,4)17-13-9-6-10-14-17/h5-15,19H,1-4H3. The molecule has 2 heteroatoms. The number of hydrogen-bond donors (Lipinski definition) is 0. The van der Waals surface area contributed by atoms with Gasteiger partial charge in [0.2, 0.25) is 0 Å². The minimum absolute atomic E-state index is 0.0501. The second-order valence-electron chi connectivity index (χ2n) is 7.22. The zero-order valence-corrected chi connectivity index (χ0v) is 15.9. The Morgan fingerprint density at radius 1 is 0.739 bits per heavy atom. The van der Waals surface area contributed by atoms with E-state index in [0.717, 1.165) is 0 Å². The molecular weight excluding hydrogens is 316 g/mol. The summed E-state index contributed by atoms with van der Waals surface area (Å²) in [5.41, 5.74) is 4.49. The molecule has 2 aromatic rings. The van der Waals surface area contributed by atoms with Gasteiger partial charge in [0.25, 0.3) is 0 Å². The van der Waals surface area contributed by atoms with E-state index in [0.29, 0.717) is 5.25 Å². The molecule has 0 nitrogen and oxygen atoms in total. The highest BCUT2D eigenvalue weighted by atomic mass is 33.1. The lowest BCUT2D eigenvalue weighted by molar-refractivity contribution is 0.484. The predicted octanol–water partition coefficient (Wildman–Crippen LogP) is 6.59. The van der Waals surface area contributed by atoms with E-state index >= 15 is 0 Å². The average molecular weight is 341 g/mol. The molecule has 0 saturated heterocycles. The average Bonchev–Trinajstić information content (AvgIpc) is 3.08. The third kappa shape index (κ3) is 3.12. The first-order chi connectivity index (χ1) is 10.9. The maximum Gasteiger partial charge on any atom is 0.0471 e. The summed E-state index contributed by atoms with van der Waals surface area (Å²) < 4.78 is 0. The predicted molar refractivity (Wildman–Crippen MR) is 106 cm³/mol. The zero-order valence-electron chi connectivity index (χ0n) is 14.2. The fourth-order valence-electron chi connectivity index (χ4n) is 3.27. The molecule has 1 unspecified atom stereocenters. The topological polar surface area (TPSA) is 0 Å². The Labute approximate surface area is 148 Å². The molecule has 1 atom stereocenters. The van der Waals surface area contributed by atoms with Gasteiger partial charge in [-0.1, -0.05) is 110 Å². The van der Waals surface area contributed by atoms with Crippen molar-refractivity contribution >= 4 is 21.6 Å². The van der Waals surface area contributed by atoms with Gasteiger partial charge in [-0.05, 0) is 22.1 Å². The highest BCUT2D eigenvalue weighted by molar-refractivity contribution is 8.78. The molecule has 1 heterocycles. The van der Waals surface area contributed by atoms with Crippen molar-refractivity contribution in [2.24, 2.45) is 0 Å². The van der Waals surface area contributed by atoms with Crippen LogP contribution < -0.4 is 0 Å². The van der Waals surface area contributed by atoms with Crippen molar-refractivity contribution in [3.05, 3.63) is 82.8 Å². The molecule has 3 rings (SSSR count). The molecule has 0 aliphatic carbocycles. The number of hydrogen-bond acceptors (Lipinski definition) is 2. The van der Waals surface area contributed by atoms with E-state index in [1.54, 1.807) is 0 Å². The van der Waals surface area contributed by atoms with Gasteiger partial charge in [-0.15, -0.1) is 0 Å². The molecular formula is C21H24S2. The smallest absolute Gasteiger partial charge is 0.0471 e. The summed E-state index contributed by atoms with van der Waals surface area (Å²) in [6.45, 7) is 9.46. The summed E-state index contributed by atoms with van der Waals surface area (Å²) >= 11 is 0. The zero-order chi connectivity index (χ0) is 16.5. The summed E-state index contributed by atoms with van der Waals surface area (Å²) in [6.07, 6.45) is 0. The minimum atomic E-state index is 0.0501. The van der Waals surface area contributed by atoms with Crippen LogP contribution in [0.5, 0.6) is 0 Å². The fraction of sp³-hybridized carbons (Fsp3) is 0.333. The maximum atomic E-state index is 2.38. The summed E-state index contributed by atoms with van der Waals surface area (Å²) in [5.74, 6) is 0. The largest absolute Gasteiger partial charge is 0.0807 e. The quantitative estimate of drug-likeness (QED) is 0.576. The van der Waals surface area contributed by atoms with Crippen LogP contribution in [0, 0.1) is 0 Å². The monoisotopic (exact) mass is 340 g/mol. The Kier molecular flexibility index (Phi) is 4.66. The van der Waals surface area contributed by atoms with Gasteiger partial charge in [0.1, 0.15) is 0 Å². The van der Waals surface area contributed by atoms with Gasteiger partial charge in [-0.3, -0.25) is 0 Å². The van der Waals surface area contributed by atoms with Crippen molar-refractivity contribution in [3.63, 3.8) is 0 Å². The van der Waals surface area contributed by atoms with E-state index in [9.17, 15) is 0 Å². The van der Waals surface area contributed by atoms with Crippen LogP contribution in [0.2, 0.25) is 0 Å². The van der Waals surface area contributed by atoms with Crippen LogP contribution in [-0.4, -0.2) is 5.25 Å². The van der Waals surface area contributed by atoms with Gasteiger partial charge in [0.05, 0.1) is 0 Å². The highest BCUT2D eigenvalue weighted by Gasteiger charge is 2.43. The van der Waals surface area contributed by atoms with Gasteiger partial charge >= 0.3 is 0 Å². The Hall–Kier alpha value is -1.12. The minimum Gasteiger partial charge on any atom is -0.0807 e. The molecule has 0 bridgehead atoms. The summed E-state index contributed by atoms with van der Waals surface area (Å²) in [7, 11) is 3.89. The molecule has 0 saturated carbocycles. The third-order valence-corrected chi connectivity index (χ3v) is 7.70. The molecule has 0 aromatic heterocycles. The molecule has 0 N–H and O–H groups in total. The molecule has 1 aliphatic heterocycles. The van der Waals surface area contributed by atoms with Crippen LogP contribution >= 0.6 is 21.6 Å². The van der Waals surface area contributed by atoms with Gasteiger partial charge < -0.3 is 0 Å². The van der Waals surface area contributed by atoms with E-state index < -0.39 is 0 Å². The van der Waals surface area contributed by atoms with Crippen molar-refractivity contribution in [2.75, 3.05) is 0 Å². The van der Waals surface area contributed by atoms with Crippen molar-refractivity contribution in [2.45, 2.75) is 43.8 Å². The van der Waals surface area contributed by atoms with Crippen LogP contribution in [0.15, 0.2) is 71.6 Å². The molecule has 120 valence electrons. The Morgan fingerprint density at radius 2 is 1.26 bits per heavy atom. The SMILES string of the molecule is CC(C)(C1=CSSC1C(C)(C)c1ccccc1)c1ccccc1. The molecule has 0 radical (unpaired) electrons.